The Labute approximate surface area is 137 Å². The zero-order valence-electron chi connectivity index (χ0n) is 13.0. The van der Waals surface area contributed by atoms with Crippen LogP contribution >= 0.6 is 11.8 Å². The number of carbonyl (C=O) groups excluding carboxylic acids is 2. The fraction of sp³-hybridized carbons (Fsp3) is 0.250. The monoisotopic (exact) mass is 332 g/mol. The van der Waals surface area contributed by atoms with Gasteiger partial charge in [-0.15, -0.1) is 11.8 Å². The van der Waals surface area contributed by atoms with Gasteiger partial charge in [0.25, 0.3) is 5.56 Å². The van der Waals surface area contributed by atoms with Crippen LogP contribution in [0, 0.1) is 0 Å². The summed E-state index contributed by atoms with van der Waals surface area (Å²) in [5.74, 6) is -1.11. The minimum Gasteiger partial charge on any atom is -0.462 e. The Kier molecular flexibility index (Phi) is 5.33. The number of thioether (sulfide) groups is 1. The highest BCUT2D eigenvalue weighted by atomic mass is 32.2. The summed E-state index contributed by atoms with van der Waals surface area (Å²) in [5.41, 5.74) is -0.314. The molecule has 0 aliphatic rings. The molecule has 7 heteroatoms. The van der Waals surface area contributed by atoms with Gasteiger partial charge in [0.2, 0.25) is 0 Å². The van der Waals surface area contributed by atoms with Gasteiger partial charge in [0.15, 0.2) is 5.78 Å². The van der Waals surface area contributed by atoms with Crippen molar-refractivity contribution in [3.8, 4) is 5.69 Å². The number of ether oxygens (including phenoxy) is 1. The number of benzene rings is 1. The van der Waals surface area contributed by atoms with Crippen LogP contribution in [0.15, 0.2) is 40.0 Å². The number of ketones is 1. The SMILES string of the molecule is CCOC(=O)c1cc(C(C)=O)nn(-c2cccc(SC)c2)c1=O. The molecule has 0 saturated heterocycles. The van der Waals surface area contributed by atoms with E-state index < -0.39 is 11.5 Å². The van der Waals surface area contributed by atoms with Gasteiger partial charge in [-0.2, -0.15) is 9.78 Å². The number of esters is 1. The van der Waals surface area contributed by atoms with Crippen LogP contribution < -0.4 is 5.56 Å². The molecule has 0 radical (unpaired) electrons. The molecule has 0 N–H and O–H groups in total. The molecule has 120 valence electrons. The van der Waals surface area contributed by atoms with Gasteiger partial charge in [0.05, 0.1) is 12.3 Å². The summed E-state index contributed by atoms with van der Waals surface area (Å²) >= 11 is 1.51. The number of rotatable bonds is 5. The van der Waals surface area contributed by atoms with E-state index in [1.54, 1.807) is 25.1 Å². The van der Waals surface area contributed by atoms with E-state index in [1.165, 1.54) is 24.8 Å². The molecule has 0 bridgehead atoms. The topological polar surface area (TPSA) is 78.3 Å². The molecule has 6 nitrogen and oxygen atoms in total. The molecule has 0 unspecified atom stereocenters. The molecule has 0 fully saturated rings. The van der Waals surface area contributed by atoms with Crippen LogP contribution in [0.2, 0.25) is 0 Å². The molecule has 0 aliphatic carbocycles. The molecule has 1 aromatic heterocycles. The van der Waals surface area contributed by atoms with Gasteiger partial charge in [-0.25, -0.2) is 4.79 Å². The van der Waals surface area contributed by atoms with Crippen LogP contribution in [0.3, 0.4) is 0 Å². The van der Waals surface area contributed by atoms with E-state index in [0.717, 1.165) is 9.58 Å². The molecule has 2 aromatic rings. The first-order valence-electron chi connectivity index (χ1n) is 6.94. The largest absolute Gasteiger partial charge is 0.462 e. The lowest BCUT2D eigenvalue weighted by atomic mass is 10.2. The third-order valence-electron chi connectivity index (χ3n) is 3.07. The fourth-order valence-corrected chi connectivity index (χ4v) is 2.39. The zero-order valence-corrected chi connectivity index (χ0v) is 13.8. The van der Waals surface area contributed by atoms with E-state index in [9.17, 15) is 14.4 Å². The summed E-state index contributed by atoms with van der Waals surface area (Å²) in [6.45, 7) is 3.10. The molecule has 0 amide bonds. The summed E-state index contributed by atoms with van der Waals surface area (Å²) in [7, 11) is 0. The summed E-state index contributed by atoms with van der Waals surface area (Å²) in [4.78, 5) is 37.1. The Morgan fingerprint density at radius 1 is 1.30 bits per heavy atom. The van der Waals surface area contributed by atoms with Gasteiger partial charge >= 0.3 is 5.97 Å². The number of carbonyl (C=O) groups is 2. The number of hydrogen-bond acceptors (Lipinski definition) is 6. The molecule has 1 aromatic carbocycles. The first-order valence-corrected chi connectivity index (χ1v) is 8.17. The van der Waals surface area contributed by atoms with Gasteiger partial charge in [0.1, 0.15) is 11.3 Å². The Morgan fingerprint density at radius 2 is 2.04 bits per heavy atom. The predicted octanol–water partition coefficient (Wildman–Crippen LogP) is 2.33. The van der Waals surface area contributed by atoms with Crippen LogP contribution in [-0.2, 0) is 4.74 Å². The Morgan fingerprint density at radius 3 is 2.65 bits per heavy atom. The lowest BCUT2D eigenvalue weighted by Crippen LogP contribution is -2.30. The normalized spacial score (nSPS) is 10.4. The van der Waals surface area contributed by atoms with Crippen LogP contribution in [0.4, 0.5) is 0 Å². The van der Waals surface area contributed by atoms with Crippen molar-refractivity contribution in [2.24, 2.45) is 0 Å². The minimum atomic E-state index is -0.767. The molecule has 0 saturated carbocycles. The van der Waals surface area contributed by atoms with E-state index in [-0.39, 0.29) is 23.6 Å². The van der Waals surface area contributed by atoms with Crippen LogP contribution in [-0.4, -0.2) is 34.4 Å². The van der Waals surface area contributed by atoms with Crippen molar-refractivity contribution in [1.82, 2.24) is 9.78 Å². The molecule has 1 heterocycles. The average Bonchev–Trinajstić information content (AvgIpc) is 2.55. The number of nitrogens with zero attached hydrogens (tertiary/aromatic N) is 2. The number of hydrogen-bond donors (Lipinski definition) is 0. The van der Waals surface area contributed by atoms with E-state index >= 15 is 0 Å². The molecule has 0 aliphatic heterocycles. The fourth-order valence-electron chi connectivity index (χ4n) is 1.94. The predicted molar refractivity (Wildman–Crippen MR) is 87.6 cm³/mol. The van der Waals surface area contributed by atoms with Crippen LogP contribution in [0.25, 0.3) is 5.69 Å². The molecule has 23 heavy (non-hydrogen) atoms. The Hall–Kier alpha value is -2.41. The van der Waals surface area contributed by atoms with Crippen molar-refractivity contribution in [3.63, 3.8) is 0 Å². The quantitative estimate of drug-likeness (QED) is 0.475. The first-order chi connectivity index (χ1) is 11.0. The lowest BCUT2D eigenvalue weighted by Gasteiger charge is -2.10. The van der Waals surface area contributed by atoms with E-state index in [0.29, 0.717) is 5.69 Å². The lowest BCUT2D eigenvalue weighted by molar-refractivity contribution is 0.0523. The van der Waals surface area contributed by atoms with Crippen molar-refractivity contribution in [2.75, 3.05) is 12.9 Å². The van der Waals surface area contributed by atoms with Crippen LogP contribution in [0.5, 0.6) is 0 Å². The zero-order chi connectivity index (χ0) is 17.0. The van der Waals surface area contributed by atoms with Crippen molar-refractivity contribution in [3.05, 3.63) is 51.9 Å². The molecular formula is C16H16N2O4S. The smallest absolute Gasteiger partial charge is 0.343 e. The summed E-state index contributed by atoms with van der Waals surface area (Å²) < 4.78 is 5.94. The van der Waals surface area contributed by atoms with Gasteiger partial charge in [-0.1, -0.05) is 6.07 Å². The Bertz CT molecular complexity index is 814. The van der Waals surface area contributed by atoms with E-state index in [4.69, 9.17) is 4.74 Å². The molecule has 0 atom stereocenters. The number of aromatic nitrogens is 2. The van der Waals surface area contributed by atoms with Crippen molar-refractivity contribution in [1.29, 1.82) is 0 Å². The summed E-state index contributed by atoms with van der Waals surface area (Å²) in [6, 6.07) is 8.29. The van der Waals surface area contributed by atoms with Crippen molar-refractivity contribution in [2.45, 2.75) is 18.7 Å². The maximum absolute atomic E-state index is 12.5. The van der Waals surface area contributed by atoms with E-state index in [1.807, 2.05) is 12.3 Å². The highest BCUT2D eigenvalue weighted by Crippen LogP contribution is 2.17. The highest BCUT2D eigenvalue weighted by Gasteiger charge is 2.19. The highest BCUT2D eigenvalue weighted by molar-refractivity contribution is 7.98. The minimum absolute atomic E-state index is 0.0298. The summed E-state index contributed by atoms with van der Waals surface area (Å²) in [6.07, 6.45) is 1.91. The van der Waals surface area contributed by atoms with E-state index in [2.05, 4.69) is 5.10 Å². The molecule has 0 spiro atoms. The van der Waals surface area contributed by atoms with Crippen molar-refractivity contribution < 1.29 is 14.3 Å². The second-order valence-corrected chi connectivity index (χ2v) is 5.52. The Balaban J connectivity index is 2.69. The third kappa shape index (κ3) is 3.68. The molecular weight excluding hydrogens is 316 g/mol. The second kappa shape index (κ2) is 7.23. The van der Waals surface area contributed by atoms with Crippen LogP contribution in [0.1, 0.15) is 34.7 Å². The first kappa shape index (κ1) is 17.0. The second-order valence-electron chi connectivity index (χ2n) is 4.64. The average molecular weight is 332 g/mol. The molecule has 2 rings (SSSR count). The van der Waals surface area contributed by atoms with Crippen molar-refractivity contribution >= 4 is 23.5 Å². The number of Topliss-reactive ketones (excluding diaryl/α,β-unsaturated/α-hetero) is 1. The van der Waals surface area contributed by atoms with Gasteiger partial charge in [-0.05, 0) is 37.4 Å². The third-order valence-corrected chi connectivity index (χ3v) is 3.79. The maximum atomic E-state index is 12.5. The van der Waals surface area contributed by atoms with Gasteiger partial charge < -0.3 is 4.74 Å². The van der Waals surface area contributed by atoms with Gasteiger partial charge in [0, 0.05) is 11.8 Å². The maximum Gasteiger partial charge on any atom is 0.343 e. The standard InChI is InChI=1S/C16H16N2O4S/c1-4-22-16(21)13-9-14(10(2)19)17-18(15(13)20)11-6-5-7-12(8-11)23-3/h5-9H,4H2,1-3H3. The van der Waals surface area contributed by atoms with Gasteiger partial charge in [-0.3, -0.25) is 9.59 Å². The summed E-state index contributed by atoms with van der Waals surface area (Å²) in [5, 5.41) is 4.06.